The third-order valence-electron chi connectivity index (χ3n) is 6.83. The summed E-state index contributed by atoms with van der Waals surface area (Å²) in [4.78, 5) is 36.8. The quantitative estimate of drug-likeness (QED) is 0.216. The SMILES string of the molecule is C=C(C)C(=O)OC1CC(OC(=O)C(=C)C)CN(S(=O)(=O)c2ccc(/N=N/c3c(C)c(C#N)c(=O)n(CCCC)c3O)cc2)C1. The molecule has 1 aliphatic rings. The average molecular weight is 626 g/mol. The summed E-state index contributed by atoms with van der Waals surface area (Å²) in [5.74, 6) is -1.81. The van der Waals surface area contributed by atoms with Crippen LogP contribution in [-0.2, 0) is 35.6 Å². The number of carbonyl (C=O) groups excluding carboxylic acids is 2. The van der Waals surface area contributed by atoms with Gasteiger partial charge in [-0.3, -0.25) is 9.36 Å². The van der Waals surface area contributed by atoms with Crippen molar-refractivity contribution in [3.05, 3.63) is 70.1 Å². The molecule has 0 aliphatic carbocycles. The Labute approximate surface area is 255 Å². The molecule has 2 atom stereocenters. The maximum absolute atomic E-state index is 13.6. The molecular weight excluding hydrogens is 590 g/mol. The number of esters is 2. The highest BCUT2D eigenvalue weighted by molar-refractivity contribution is 7.89. The zero-order valence-electron chi connectivity index (χ0n) is 25.1. The summed E-state index contributed by atoms with van der Waals surface area (Å²) in [6, 6.07) is 7.25. The zero-order valence-corrected chi connectivity index (χ0v) is 25.9. The van der Waals surface area contributed by atoms with E-state index in [0.29, 0.717) is 6.42 Å². The Bertz CT molecular complexity index is 1670. The predicted molar refractivity (Wildman–Crippen MR) is 160 cm³/mol. The number of carbonyl (C=O) groups is 2. The largest absolute Gasteiger partial charge is 0.493 e. The fourth-order valence-corrected chi connectivity index (χ4v) is 5.87. The first-order valence-electron chi connectivity index (χ1n) is 13.8. The summed E-state index contributed by atoms with van der Waals surface area (Å²) in [7, 11) is -4.15. The molecule has 3 rings (SSSR count). The van der Waals surface area contributed by atoms with Gasteiger partial charge >= 0.3 is 11.9 Å². The average Bonchev–Trinajstić information content (AvgIpc) is 2.97. The number of hydrogen-bond acceptors (Lipinski definition) is 11. The smallest absolute Gasteiger partial charge is 0.333 e. The van der Waals surface area contributed by atoms with Gasteiger partial charge in [0, 0.05) is 29.7 Å². The maximum Gasteiger partial charge on any atom is 0.333 e. The minimum absolute atomic E-state index is 0.0482. The molecule has 0 spiro atoms. The van der Waals surface area contributed by atoms with Crippen molar-refractivity contribution in [3.8, 4) is 11.9 Å². The topological polar surface area (TPSA) is 181 Å². The molecule has 0 radical (unpaired) electrons. The number of nitrogens with zero attached hydrogens (tertiary/aromatic N) is 5. The first-order valence-corrected chi connectivity index (χ1v) is 15.3. The molecule has 2 aromatic rings. The highest BCUT2D eigenvalue weighted by Crippen LogP contribution is 2.33. The number of nitriles is 1. The summed E-state index contributed by atoms with van der Waals surface area (Å²) >= 11 is 0. The summed E-state index contributed by atoms with van der Waals surface area (Å²) in [5.41, 5.74) is -0.152. The minimum Gasteiger partial charge on any atom is -0.493 e. The lowest BCUT2D eigenvalue weighted by Crippen LogP contribution is -2.50. The molecule has 0 bridgehead atoms. The molecule has 1 aliphatic heterocycles. The van der Waals surface area contributed by atoms with Crippen molar-refractivity contribution >= 4 is 33.3 Å². The molecule has 1 N–H and O–H groups in total. The number of azo groups is 1. The third kappa shape index (κ3) is 7.66. The van der Waals surface area contributed by atoms with E-state index in [9.17, 15) is 33.2 Å². The maximum atomic E-state index is 13.6. The fraction of sp³-hybridized carbons (Fsp3) is 0.400. The summed E-state index contributed by atoms with van der Waals surface area (Å²) in [6.45, 7) is 13.3. The number of aromatic hydroxyl groups is 1. The molecular formula is C30H35N5O8S. The highest BCUT2D eigenvalue weighted by Gasteiger charge is 2.38. The minimum atomic E-state index is -4.15. The van der Waals surface area contributed by atoms with Gasteiger partial charge < -0.3 is 14.6 Å². The predicted octanol–water partition coefficient (Wildman–Crippen LogP) is 4.32. The lowest BCUT2D eigenvalue weighted by molar-refractivity contribution is -0.154. The van der Waals surface area contributed by atoms with Crippen LogP contribution in [0, 0.1) is 18.3 Å². The Hall–Kier alpha value is -4.61. The van der Waals surface area contributed by atoms with Gasteiger partial charge in [-0.15, -0.1) is 5.11 Å². The van der Waals surface area contributed by atoms with Crippen LogP contribution in [0.15, 0.2) is 68.5 Å². The molecule has 13 nitrogen and oxygen atoms in total. The van der Waals surface area contributed by atoms with Crippen LogP contribution >= 0.6 is 0 Å². The molecule has 2 unspecified atom stereocenters. The van der Waals surface area contributed by atoms with Crippen molar-refractivity contribution in [1.82, 2.24) is 8.87 Å². The second-order valence-electron chi connectivity index (χ2n) is 10.5. The molecule has 1 fully saturated rings. The molecule has 1 aromatic heterocycles. The van der Waals surface area contributed by atoms with E-state index in [2.05, 4.69) is 23.4 Å². The van der Waals surface area contributed by atoms with Gasteiger partial charge in [-0.25, -0.2) is 18.0 Å². The van der Waals surface area contributed by atoms with Crippen molar-refractivity contribution in [2.24, 2.45) is 10.2 Å². The first kappa shape index (κ1) is 33.9. The van der Waals surface area contributed by atoms with E-state index < -0.39 is 45.6 Å². The number of aromatic nitrogens is 1. The Morgan fingerprint density at radius 2 is 1.61 bits per heavy atom. The monoisotopic (exact) mass is 625 g/mol. The third-order valence-corrected chi connectivity index (χ3v) is 8.67. The molecule has 0 saturated carbocycles. The van der Waals surface area contributed by atoms with E-state index in [0.717, 1.165) is 15.3 Å². The Morgan fingerprint density at radius 3 is 2.09 bits per heavy atom. The van der Waals surface area contributed by atoms with Gasteiger partial charge in [0.25, 0.3) is 5.56 Å². The highest BCUT2D eigenvalue weighted by atomic mass is 32.2. The molecule has 2 heterocycles. The lowest BCUT2D eigenvalue weighted by Gasteiger charge is -2.36. The molecule has 234 valence electrons. The van der Waals surface area contributed by atoms with E-state index in [1.54, 1.807) is 0 Å². The van der Waals surface area contributed by atoms with Crippen LogP contribution in [0.5, 0.6) is 5.88 Å². The number of rotatable bonds is 11. The zero-order chi connectivity index (χ0) is 32.8. The number of sulfonamides is 1. The normalized spacial score (nSPS) is 17.2. The number of piperidine rings is 1. The Kier molecular flexibility index (Phi) is 11.0. The van der Waals surface area contributed by atoms with E-state index in [-0.39, 0.29) is 64.6 Å². The van der Waals surface area contributed by atoms with Gasteiger partial charge in [0.2, 0.25) is 15.9 Å². The van der Waals surface area contributed by atoms with Gasteiger partial charge in [0.05, 0.1) is 23.7 Å². The van der Waals surface area contributed by atoms with Crippen LogP contribution < -0.4 is 5.56 Å². The van der Waals surface area contributed by atoms with Gasteiger partial charge in [0.1, 0.15) is 23.8 Å². The van der Waals surface area contributed by atoms with Crippen LogP contribution in [-0.4, -0.2) is 59.6 Å². The summed E-state index contributed by atoms with van der Waals surface area (Å²) in [6.07, 6.45) is -0.346. The van der Waals surface area contributed by atoms with E-state index >= 15 is 0 Å². The fourth-order valence-electron chi connectivity index (χ4n) is 4.36. The van der Waals surface area contributed by atoms with Gasteiger partial charge in [-0.2, -0.15) is 14.7 Å². The number of ether oxygens (including phenoxy) is 2. The lowest BCUT2D eigenvalue weighted by atomic mass is 10.1. The molecule has 0 amide bonds. The van der Waals surface area contributed by atoms with Crippen LogP contribution in [0.4, 0.5) is 11.4 Å². The molecule has 1 saturated heterocycles. The summed E-state index contributed by atoms with van der Waals surface area (Å²) in [5, 5.41) is 28.4. The van der Waals surface area contributed by atoms with Crippen LogP contribution in [0.2, 0.25) is 0 Å². The van der Waals surface area contributed by atoms with Gasteiger partial charge in [-0.05, 0) is 51.5 Å². The summed E-state index contributed by atoms with van der Waals surface area (Å²) < 4.78 is 40.1. The molecule has 14 heteroatoms. The van der Waals surface area contributed by atoms with Crippen molar-refractivity contribution in [3.63, 3.8) is 0 Å². The number of hydrogen-bond donors (Lipinski definition) is 1. The first-order chi connectivity index (χ1) is 20.7. The van der Waals surface area contributed by atoms with Crippen molar-refractivity contribution in [2.45, 2.75) is 70.6 Å². The Balaban J connectivity index is 1.89. The second-order valence-corrected chi connectivity index (χ2v) is 12.4. The van der Waals surface area contributed by atoms with Crippen LogP contribution in [0.25, 0.3) is 0 Å². The van der Waals surface area contributed by atoms with Crippen LogP contribution in [0.1, 0.15) is 51.2 Å². The van der Waals surface area contributed by atoms with Crippen molar-refractivity contribution < 1.29 is 32.6 Å². The van der Waals surface area contributed by atoms with E-state index in [1.165, 1.54) is 45.0 Å². The van der Waals surface area contributed by atoms with Gasteiger partial charge in [-0.1, -0.05) is 26.5 Å². The molecule has 1 aromatic carbocycles. The second kappa shape index (κ2) is 14.2. The number of unbranched alkanes of at least 4 members (excludes halogenated alkanes) is 1. The standard InChI is InChI=1S/C30H35N5O8S/c1-7-8-13-35-27(36)25(15-31)20(6)26(28(35)37)33-32-21-9-11-24(12-10-21)44(40,41)34-16-22(42-29(38)18(2)3)14-23(17-34)43-30(39)19(4)5/h9-12,22-23,37H,2,4,7-8,13-14,16-17H2,1,3,5-6H3/b33-32+. The molecule has 44 heavy (non-hydrogen) atoms. The Morgan fingerprint density at radius 1 is 1.07 bits per heavy atom. The van der Waals surface area contributed by atoms with E-state index in [1.807, 2.05) is 13.0 Å². The van der Waals surface area contributed by atoms with Crippen LogP contribution in [0.3, 0.4) is 0 Å². The van der Waals surface area contributed by atoms with Crippen molar-refractivity contribution in [1.29, 1.82) is 5.26 Å². The number of pyridine rings is 1. The number of benzene rings is 1. The van der Waals surface area contributed by atoms with E-state index in [4.69, 9.17) is 9.47 Å². The van der Waals surface area contributed by atoms with Gasteiger partial charge in [0.15, 0.2) is 5.69 Å². The van der Waals surface area contributed by atoms with Crippen molar-refractivity contribution in [2.75, 3.05) is 13.1 Å².